The summed E-state index contributed by atoms with van der Waals surface area (Å²) in [5.74, 6) is -0.658. The average Bonchev–Trinajstić information content (AvgIpc) is 3.64. The predicted octanol–water partition coefficient (Wildman–Crippen LogP) is 18.1. The van der Waals surface area contributed by atoms with E-state index in [-0.39, 0.29) is 69.0 Å². The number of hydrogen-bond acceptors (Lipinski definition) is 13. The summed E-state index contributed by atoms with van der Waals surface area (Å²) in [6, 6.07) is 16.8. The first-order valence-corrected chi connectivity index (χ1v) is 31.0. The van der Waals surface area contributed by atoms with Crippen LogP contribution in [0, 0.1) is 0 Å². The molecule has 0 amide bonds. The molecule has 0 unspecified atom stereocenters. The van der Waals surface area contributed by atoms with Crippen LogP contribution in [0.25, 0.3) is 0 Å². The van der Waals surface area contributed by atoms with Gasteiger partial charge in [-0.3, -0.25) is 19.2 Å². The first-order chi connectivity index (χ1) is 35.0. The fourth-order valence-electron chi connectivity index (χ4n) is 8.27. The summed E-state index contributed by atoms with van der Waals surface area (Å²) in [6.45, 7) is 50.8. The normalized spacial score (nSPS) is 13.8. The van der Waals surface area contributed by atoms with Crippen LogP contribution in [0.15, 0.2) is 68.1 Å². The molecule has 432 valence electrons. The van der Waals surface area contributed by atoms with Crippen molar-refractivity contribution in [2.24, 2.45) is 0 Å². The highest BCUT2D eigenvalue weighted by Gasteiger charge is 2.33. The number of rotatable bonds is 10. The topological polar surface area (TPSA) is 168 Å². The lowest BCUT2D eigenvalue weighted by Gasteiger charge is -2.30. The van der Waals surface area contributed by atoms with Crippen LogP contribution in [0.4, 0.5) is 0 Å². The van der Waals surface area contributed by atoms with Crippen LogP contribution in [0.3, 0.4) is 0 Å². The third kappa shape index (κ3) is 19.5. The maximum atomic E-state index is 12.6. The van der Waals surface area contributed by atoms with Gasteiger partial charge in [-0.1, -0.05) is 209 Å². The summed E-state index contributed by atoms with van der Waals surface area (Å²) in [5.41, 5.74) is 5.89. The van der Waals surface area contributed by atoms with Gasteiger partial charge < -0.3 is 29.9 Å². The molecule has 4 aromatic carbocycles. The molecule has 1 saturated heterocycles. The van der Waals surface area contributed by atoms with Gasteiger partial charge in [-0.25, -0.2) is 0 Å². The van der Waals surface area contributed by atoms with E-state index in [1.807, 2.05) is 0 Å². The van der Waals surface area contributed by atoms with E-state index in [1.54, 1.807) is 43.2 Å². The SMILES string of the molecule is CC(C)(C)c1cc(SSc2cc(C(C)(C)C)c(O)c(C(C)(C)C)c2)cc(C(C)(C)C)c1O.CC(C)(C)c1cc(SSc2cc(C(C)(C)C)c(OC(=O)CCC(=O)O)c(C(C)(C)C)c2)cc(C(C)(C)C)c1O.O=C1CCC(=O)O1. The number of cyclic esters (lactones) is 2. The van der Waals surface area contributed by atoms with E-state index < -0.39 is 23.9 Å². The molecular formula is C64H92O10S4. The molecule has 0 aliphatic carbocycles. The van der Waals surface area contributed by atoms with Crippen molar-refractivity contribution < 1.29 is 49.1 Å². The van der Waals surface area contributed by atoms with Crippen LogP contribution in [0.5, 0.6) is 23.0 Å². The number of ether oxygens (including phenoxy) is 2. The van der Waals surface area contributed by atoms with E-state index in [0.717, 1.165) is 64.1 Å². The Balaban J connectivity index is 0.000000368. The summed E-state index contributed by atoms with van der Waals surface area (Å²) in [7, 11) is 6.70. The van der Waals surface area contributed by atoms with Gasteiger partial charge in [0.2, 0.25) is 0 Å². The largest absolute Gasteiger partial charge is 0.507 e. The molecule has 1 fully saturated rings. The first kappa shape index (κ1) is 68.0. The molecule has 78 heavy (non-hydrogen) atoms. The number of phenolic OH excluding ortho intramolecular Hbond substituents is 3. The van der Waals surface area contributed by atoms with E-state index in [9.17, 15) is 34.5 Å². The third-order valence-corrected chi connectivity index (χ3v) is 17.5. The van der Waals surface area contributed by atoms with Gasteiger partial charge in [-0.05, 0) is 91.9 Å². The van der Waals surface area contributed by atoms with Crippen LogP contribution >= 0.6 is 43.2 Å². The maximum absolute atomic E-state index is 12.6. The highest BCUT2D eigenvalue weighted by Crippen LogP contribution is 2.51. The number of carboxylic acids is 1. The lowest BCUT2D eigenvalue weighted by molar-refractivity contribution is -0.152. The van der Waals surface area contributed by atoms with Crippen LogP contribution < -0.4 is 4.74 Å². The molecule has 0 spiro atoms. The Morgan fingerprint density at radius 2 is 0.603 bits per heavy atom. The Bertz CT molecular complexity index is 2590. The van der Waals surface area contributed by atoms with E-state index in [0.29, 0.717) is 23.0 Å². The van der Waals surface area contributed by atoms with Gasteiger partial charge >= 0.3 is 23.9 Å². The monoisotopic (exact) mass is 1150 g/mol. The second kappa shape index (κ2) is 25.3. The predicted molar refractivity (Wildman–Crippen MR) is 327 cm³/mol. The van der Waals surface area contributed by atoms with Crippen molar-refractivity contribution in [3.05, 3.63) is 93.0 Å². The Morgan fingerprint density at radius 1 is 0.397 bits per heavy atom. The van der Waals surface area contributed by atoms with Crippen molar-refractivity contribution in [1.29, 1.82) is 0 Å². The van der Waals surface area contributed by atoms with Crippen LogP contribution in [0.1, 0.15) is 236 Å². The smallest absolute Gasteiger partial charge is 0.314 e. The van der Waals surface area contributed by atoms with Gasteiger partial charge in [0.15, 0.2) is 0 Å². The molecule has 5 rings (SSSR count). The number of carbonyl (C=O) groups is 4. The average molecular weight is 1150 g/mol. The molecule has 0 radical (unpaired) electrons. The lowest BCUT2D eigenvalue weighted by Crippen LogP contribution is -2.22. The summed E-state index contributed by atoms with van der Waals surface area (Å²) in [6.07, 6.45) is 0.0818. The van der Waals surface area contributed by atoms with E-state index in [4.69, 9.17) is 9.84 Å². The molecular weight excluding hydrogens is 1060 g/mol. The highest BCUT2D eigenvalue weighted by atomic mass is 33.1. The Hall–Kier alpha value is -4.24. The zero-order valence-corrected chi connectivity index (χ0v) is 54.6. The maximum Gasteiger partial charge on any atom is 0.314 e. The molecule has 0 aromatic heterocycles. The number of carboxylic acid groups (broad SMARTS) is 1. The van der Waals surface area contributed by atoms with Gasteiger partial charge in [0.05, 0.1) is 25.7 Å². The first-order valence-electron chi connectivity index (χ1n) is 26.7. The molecule has 14 heteroatoms. The fourth-order valence-corrected chi connectivity index (χ4v) is 12.3. The van der Waals surface area contributed by atoms with Gasteiger partial charge in [0.1, 0.15) is 23.0 Å². The van der Waals surface area contributed by atoms with Crippen molar-refractivity contribution >= 4 is 67.1 Å². The highest BCUT2D eigenvalue weighted by molar-refractivity contribution is 8.77. The number of esters is 3. The van der Waals surface area contributed by atoms with Crippen LogP contribution in [-0.2, 0) is 67.2 Å². The van der Waals surface area contributed by atoms with E-state index in [2.05, 4.69) is 219 Å². The number of benzene rings is 4. The minimum absolute atomic E-state index is 0.150. The fraction of sp³-hybridized carbons (Fsp3) is 0.562. The summed E-state index contributed by atoms with van der Waals surface area (Å²) in [5, 5.41) is 42.1. The van der Waals surface area contributed by atoms with Crippen molar-refractivity contribution in [3.63, 3.8) is 0 Å². The van der Waals surface area contributed by atoms with Crippen LogP contribution in [-0.4, -0.2) is 44.3 Å². The molecule has 1 aliphatic heterocycles. The zero-order valence-electron chi connectivity index (χ0n) is 51.3. The number of phenols is 3. The number of hydrogen-bond donors (Lipinski definition) is 4. The molecule has 4 N–H and O–H groups in total. The van der Waals surface area contributed by atoms with Gasteiger partial charge in [0.25, 0.3) is 0 Å². The number of carbonyl (C=O) groups excluding carboxylic acids is 3. The lowest BCUT2D eigenvalue weighted by atomic mass is 9.79. The van der Waals surface area contributed by atoms with Gasteiger partial charge in [-0.15, -0.1) is 0 Å². The minimum Gasteiger partial charge on any atom is -0.507 e. The quantitative estimate of drug-likeness (QED) is 0.0512. The summed E-state index contributed by atoms with van der Waals surface area (Å²) in [4.78, 5) is 48.0. The number of aromatic hydroxyl groups is 3. The van der Waals surface area contributed by atoms with E-state index in [1.165, 1.54) is 0 Å². The number of aliphatic carboxylic acids is 1. The standard InChI is InChI=1S/C32H46O5S2.C28H42O2S2.C4H4O3/c1-29(2,3)21-15-19(16-22(27(21)36)30(4,5)6)38-39-20-17-23(31(7,8)9)28(24(18-20)32(10,11)12)37-26(35)14-13-25(33)34;1-25(2,3)19-13-17(14-20(23(19)29)26(4,5)6)31-32-18-15-21(27(7,8)9)24(30)22(16-18)28(10,11)12;5-3-1-2-4(6)7-3/h15-18,36H,13-14H2,1-12H3,(H,33,34);13-16,29-30H,1-12H3;1-2H2. The van der Waals surface area contributed by atoms with Crippen LogP contribution in [0.2, 0.25) is 0 Å². The summed E-state index contributed by atoms with van der Waals surface area (Å²) < 4.78 is 9.95. The molecule has 0 saturated carbocycles. The Morgan fingerprint density at radius 3 is 0.769 bits per heavy atom. The van der Waals surface area contributed by atoms with Crippen molar-refractivity contribution in [2.75, 3.05) is 0 Å². The summed E-state index contributed by atoms with van der Waals surface area (Å²) >= 11 is 0. The van der Waals surface area contributed by atoms with Gasteiger partial charge in [-0.2, -0.15) is 0 Å². The second-order valence-electron chi connectivity index (χ2n) is 28.5. The molecule has 1 heterocycles. The van der Waals surface area contributed by atoms with E-state index >= 15 is 0 Å². The minimum atomic E-state index is -1.03. The van der Waals surface area contributed by atoms with Crippen molar-refractivity contribution in [3.8, 4) is 23.0 Å². The molecule has 0 bridgehead atoms. The molecule has 0 atom stereocenters. The molecule has 10 nitrogen and oxygen atoms in total. The van der Waals surface area contributed by atoms with Gasteiger partial charge in [0, 0.05) is 64.1 Å². The van der Waals surface area contributed by atoms with Crippen molar-refractivity contribution in [1.82, 2.24) is 0 Å². The Kier molecular flexibility index (Phi) is 22.0. The third-order valence-electron chi connectivity index (χ3n) is 12.8. The Labute approximate surface area is 484 Å². The molecule has 1 aliphatic rings. The molecule has 4 aromatic rings. The zero-order chi connectivity index (χ0) is 60.3. The second-order valence-corrected chi connectivity index (χ2v) is 33.0. The van der Waals surface area contributed by atoms with Crippen molar-refractivity contribution in [2.45, 2.75) is 255 Å².